The monoisotopic (exact) mass is 366 g/mol. The predicted octanol–water partition coefficient (Wildman–Crippen LogP) is 2.81. The number of benzene rings is 1. The highest BCUT2D eigenvalue weighted by molar-refractivity contribution is 7.88. The van der Waals surface area contributed by atoms with Crippen LogP contribution in [0, 0.1) is 6.92 Å². The Labute approximate surface area is 151 Å². The second-order valence-corrected chi connectivity index (χ2v) is 7.94. The van der Waals surface area contributed by atoms with Gasteiger partial charge < -0.3 is 4.40 Å². The molecule has 0 spiro atoms. The van der Waals surface area contributed by atoms with Crippen LogP contribution in [0.3, 0.4) is 0 Å². The topological polar surface area (TPSA) is 76.4 Å². The van der Waals surface area contributed by atoms with Crippen molar-refractivity contribution >= 4 is 26.4 Å². The molecule has 0 saturated heterocycles. The molecule has 0 aliphatic heterocycles. The van der Waals surface area contributed by atoms with Crippen LogP contribution in [-0.4, -0.2) is 22.8 Å². The fourth-order valence-corrected chi connectivity index (χ4v) is 4.22. The van der Waals surface area contributed by atoms with E-state index in [0.29, 0.717) is 16.8 Å². The molecule has 0 aliphatic carbocycles. The number of fused-ring (bicyclic) bond motifs is 2. The number of hydrogen-bond acceptors (Lipinski definition) is 4. The van der Waals surface area contributed by atoms with Gasteiger partial charge in [0, 0.05) is 17.8 Å². The number of rotatable bonds is 5. The van der Waals surface area contributed by atoms with Crippen LogP contribution in [0.4, 0.5) is 0 Å². The quantitative estimate of drug-likeness (QED) is 0.589. The lowest BCUT2D eigenvalue weighted by atomic mass is 10.1. The van der Waals surface area contributed by atoms with Gasteiger partial charge in [-0.1, -0.05) is 30.3 Å². The zero-order valence-corrected chi connectivity index (χ0v) is 15.1. The number of nitrogens with one attached hydrogen (secondary N) is 1. The van der Waals surface area contributed by atoms with Gasteiger partial charge in [-0.2, -0.15) is 0 Å². The van der Waals surface area contributed by atoms with E-state index in [-0.39, 0.29) is 12.3 Å². The van der Waals surface area contributed by atoms with E-state index in [9.17, 15) is 8.42 Å². The smallest absolute Gasteiger partial charge is 0.216 e. The second-order valence-electron chi connectivity index (χ2n) is 6.13. The Balaban J connectivity index is 1.57. The molecule has 1 aromatic carbocycles. The molecule has 26 heavy (non-hydrogen) atoms. The first kappa shape index (κ1) is 16.7. The van der Waals surface area contributed by atoms with Crippen LogP contribution >= 0.6 is 0 Å². The SMILES string of the molecule is Cc1nc(CNS(=O)(=O)Cc2cccc3cccnc23)c2ccccn12. The Kier molecular flexibility index (Phi) is 4.18. The average molecular weight is 366 g/mol. The lowest BCUT2D eigenvalue weighted by Gasteiger charge is -2.08. The summed E-state index contributed by atoms with van der Waals surface area (Å²) in [6.07, 6.45) is 3.59. The molecular weight excluding hydrogens is 348 g/mol. The van der Waals surface area contributed by atoms with Crippen molar-refractivity contribution in [3.63, 3.8) is 0 Å². The number of pyridine rings is 2. The Morgan fingerprint density at radius 1 is 1.08 bits per heavy atom. The van der Waals surface area contributed by atoms with E-state index in [1.54, 1.807) is 12.3 Å². The molecule has 0 aliphatic rings. The molecule has 3 heterocycles. The lowest BCUT2D eigenvalue weighted by Crippen LogP contribution is -2.25. The lowest BCUT2D eigenvalue weighted by molar-refractivity contribution is 0.580. The molecule has 7 heteroatoms. The molecule has 0 fully saturated rings. The third-order valence-corrected chi connectivity index (χ3v) is 5.60. The van der Waals surface area contributed by atoms with Crippen LogP contribution in [0.25, 0.3) is 16.4 Å². The minimum Gasteiger partial charge on any atom is -0.304 e. The highest BCUT2D eigenvalue weighted by Crippen LogP contribution is 2.18. The first-order valence-corrected chi connectivity index (χ1v) is 9.91. The van der Waals surface area contributed by atoms with E-state index < -0.39 is 10.0 Å². The Bertz CT molecular complexity index is 1190. The summed E-state index contributed by atoms with van der Waals surface area (Å²) in [5.74, 6) is 0.708. The maximum Gasteiger partial charge on any atom is 0.216 e. The summed E-state index contributed by atoms with van der Waals surface area (Å²) in [6.45, 7) is 2.05. The fraction of sp³-hybridized carbons (Fsp3) is 0.158. The van der Waals surface area contributed by atoms with Gasteiger partial charge in [-0.3, -0.25) is 4.98 Å². The third kappa shape index (κ3) is 3.18. The maximum absolute atomic E-state index is 12.6. The molecule has 6 nitrogen and oxygen atoms in total. The Morgan fingerprint density at radius 2 is 1.92 bits per heavy atom. The van der Waals surface area contributed by atoms with Gasteiger partial charge in [0.1, 0.15) is 5.82 Å². The molecule has 0 bridgehead atoms. The van der Waals surface area contributed by atoms with Crippen molar-refractivity contribution < 1.29 is 8.42 Å². The van der Waals surface area contributed by atoms with Gasteiger partial charge in [0.25, 0.3) is 0 Å². The number of sulfonamides is 1. The van der Waals surface area contributed by atoms with Gasteiger partial charge >= 0.3 is 0 Å². The van der Waals surface area contributed by atoms with Gasteiger partial charge in [0.15, 0.2) is 0 Å². The number of aryl methyl sites for hydroxylation is 1. The number of hydrogen-bond donors (Lipinski definition) is 1. The van der Waals surface area contributed by atoms with Crippen molar-refractivity contribution in [1.29, 1.82) is 0 Å². The van der Waals surface area contributed by atoms with E-state index in [4.69, 9.17) is 0 Å². The van der Waals surface area contributed by atoms with Crippen molar-refractivity contribution in [2.24, 2.45) is 0 Å². The third-order valence-electron chi connectivity index (χ3n) is 4.32. The first-order chi connectivity index (χ1) is 12.5. The molecule has 132 valence electrons. The molecule has 0 unspecified atom stereocenters. The molecule has 1 N–H and O–H groups in total. The van der Waals surface area contributed by atoms with Crippen LogP contribution in [0.2, 0.25) is 0 Å². The van der Waals surface area contributed by atoms with Crippen LogP contribution in [0.1, 0.15) is 17.1 Å². The summed E-state index contributed by atoms with van der Waals surface area (Å²) in [6, 6.07) is 15.1. The van der Waals surface area contributed by atoms with Gasteiger partial charge in [-0.25, -0.2) is 18.1 Å². The summed E-state index contributed by atoms with van der Waals surface area (Å²) < 4.78 is 29.8. The van der Waals surface area contributed by atoms with Gasteiger partial charge in [0.2, 0.25) is 10.0 Å². The molecule has 0 amide bonds. The number of aromatic nitrogens is 3. The van der Waals surface area contributed by atoms with Crippen LogP contribution in [-0.2, 0) is 22.3 Å². The summed E-state index contributed by atoms with van der Waals surface area (Å²) in [4.78, 5) is 8.79. The highest BCUT2D eigenvalue weighted by atomic mass is 32.2. The minimum absolute atomic E-state index is 0.119. The van der Waals surface area contributed by atoms with Crippen molar-refractivity contribution in [2.75, 3.05) is 0 Å². The molecule has 0 atom stereocenters. The molecular formula is C19H18N4O2S. The zero-order chi connectivity index (χ0) is 18.1. The van der Waals surface area contributed by atoms with E-state index in [0.717, 1.165) is 16.7 Å². The van der Waals surface area contributed by atoms with E-state index in [1.165, 1.54) is 0 Å². The maximum atomic E-state index is 12.6. The van der Waals surface area contributed by atoms with Crippen molar-refractivity contribution in [1.82, 2.24) is 19.1 Å². The van der Waals surface area contributed by atoms with Crippen molar-refractivity contribution in [3.8, 4) is 0 Å². The van der Waals surface area contributed by atoms with Gasteiger partial charge in [-0.15, -0.1) is 0 Å². The normalized spacial score (nSPS) is 12.0. The molecule has 0 saturated carbocycles. The van der Waals surface area contributed by atoms with Crippen molar-refractivity contribution in [2.45, 2.75) is 19.2 Å². The van der Waals surface area contributed by atoms with E-state index in [1.807, 2.05) is 60.0 Å². The summed E-state index contributed by atoms with van der Waals surface area (Å²) in [5.41, 5.74) is 3.01. The molecule has 0 radical (unpaired) electrons. The summed E-state index contributed by atoms with van der Waals surface area (Å²) in [7, 11) is -3.52. The Morgan fingerprint density at radius 3 is 2.81 bits per heavy atom. The van der Waals surface area contributed by atoms with Crippen LogP contribution in [0.5, 0.6) is 0 Å². The van der Waals surface area contributed by atoms with E-state index >= 15 is 0 Å². The number of para-hydroxylation sites is 1. The van der Waals surface area contributed by atoms with Crippen molar-refractivity contribution in [3.05, 3.63) is 78.0 Å². The molecule has 4 aromatic rings. The molecule has 4 rings (SSSR count). The number of imidazole rings is 1. The molecule has 3 aromatic heterocycles. The van der Waals surface area contributed by atoms with Gasteiger partial charge in [0.05, 0.1) is 29.0 Å². The highest BCUT2D eigenvalue weighted by Gasteiger charge is 2.16. The summed E-state index contributed by atoms with van der Waals surface area (Å²) in [5, 5.41) is 0.927. The second kappa shape index (κ2) is 6.51. The zero-order valence-electron chi connectivity index (χ0n) is 14.3. The Hall–Kier alpha value is -2.77. The first-order valence-electron chi connectivity index (χ1n) is 8.26. The largest absolute Gasteiger partial charge is 0.304 e. The minimum atomic E-state index is -3.52. The predicted molar refractivity (Wildman–Crippen MR) is 101 cm³/mol. The van der Waals surface area contributed by atoms with Crippen LogP contribution in [0.15, 0.2) is 60.9 Å². The van der Waals surface area contributed by atoms with Crippen LogP contribution < -0.4 is 4.72 Å². The fourth-order valence-electron chi connectivity index (χ4n) is 3.11. The van der Waals surface area contributed by atoms with E-state index in [2.05, 4.69) is 14.7 Å². The summed E-state index contributed by atoms with van der Waals surface area (Å²) >= 11 is 0. The standard InChI is InChI=1S/C19H18N4O2S/c1-14-22-17(18-9-2-3-11-23(14)18)12-21-26(24,25)13-16-7-4-6-15-8-5-10-20-19(15)16/h2-11,21H,12-13H2,1H3. The number of nitrogens with zero attached hydrogens (tertiary/aromatic N) is 3. The average Bonchev–Trinajstić information content (AvgIpc) is 2.97. The van der Waals surface area contributed by atoms with Gasteiger partial charge in [-0.05, 0) is 30.7 Å².